The number of imidazole rings is 1. The molecule has 3 heterocycles. The highest BCUT2D eigenvalue weighted by molar-refractivity contribution is 5.24. The van der Waals surface area contributed by atoms with E-state index in [0.717, 1.165) is 50.0 Å². The van der Waals surface area contributed by atoms with Crippen molar-refractivity contribution in [1.82, 2.24) is 24.6 Å². The van der Waals surface area contributed by atoms with Crippen LogP contribution in [0.5, 0.6) is 0 Å². The number of ether oxygens (including phenoxy) is 1. The molecule has 1 atom stereocenters. The van der Waals surface area contributed by atoms with E-state index in [-0.39, 0.29) is 6.10 Å². The van der Waals surface area contributed by atoms with Crippen LogP contribution in [0, 0.1) is 20.8 Å². The smallest absolute Gasteiger partial charge is 0.136 e. The maximum atomic E-state index is 5.88. The summed E-state index contributed by atoms with van der Waals surface area (Å²) in [7, 11) is 0. The highest BCUT2D eigenvalue weighted by Crippen LogP contribution is 2.23. The number of nitrogens with zero attached hydrogens (tertiary/aromatic N) is 4. The molecule has 0 aromatic carbocycles. The summed E-state index contributed by atoms with van der Waals surface area (Å²) in [6, 6.07) is 0. The molecule has 0 bridgehead atoms. The van der Waals surface area contributed by atoms with Gasteiger partial charge >= 0.3 is 0 Å². The SMILES string of the molecule is CCn1nc(C)c(CN2CCO[C@@H](c3ncc(C)[nH]3)C2)c1C. The molecule has 1 N–H and O–H groups in total. The van der Waals surface area contributed by atoms with Gasteiger partial charge < -0.3 is 9.72 Å². The van der Waals surface area contributed by atoms with Crippen molar-refractivity contribution in [1.29, 1.82) is 0 Å². The fourth-order valence-corrected chi connectivity index (χ4v) is 3.10. The molecule has 1 saturated heterocycles. The maximum absolute atomic E-state index is 5.88. The summed E-state index contributed by atoms with van der Waals surface area (Å²) in [5.74, 6) is 0.930. The Labute approximate surface area is 131 Å². The zero-order chi connectivity index (χ0) is 15.7. The normalized spacial score (nSPS) is 19.7. The third-order valence-corrected chi connectivity index (χ3v) is 4.39. The zero-order valence-corrected chi connectivity index (χ0v) is 13.9. The summed E-state index contributed by atoms with van der Waals surface area (Å²) in [6.07, 6.45) is 1.89. The minimum atomic E-state index is 0.0317. The number of H-pyrrole nitrogens is 1. The molecular weight excluding hydrogens is 278 g/mol. The average Bonchev–Trinajstić information content (AvgIpc) is 3.06. The molecule has 0 unspecified atom stereocenters. The first-order chi connectivity index (χ1) is 10.6. The Kier molecular flexibility index (Phi) is 4.31. The fraction of sp³-hybridized carbons (Fsp3) is 0.625. The maximum Gasteiger partial charge on any atom is 0.136 e. The Bertz CT molecular complexity index is 645. The highest BCUT2D eigenvalue weighted by atomic mass is 16.5. The van der Waals surface area contributed by atoms with E-state index in [9.17, 15) is 0 Å². The summed E-state index contributed by atoms with van der Waals surface area (Å²) in [6.45, 7) is 12.8. The number of morpholine rings is 1. The molecule has 0 radical (unpaired) electrons. The molecule has 120 valence electrons. The Morgan fingerprint density at radius 1 is 1.36 bits per heavy atom. The third kappa shape index (κ3) is 2.94. The molecule has 0 spiro atoms. The van der Waals surface area contributed by atoms with Gasteiger partial charge in [0.25, 0.3) is 0 Å². The zero-order valence-electron chi connectivity index (χ0n) is 13.9. The lowest BCUT2D eigenvalue weighted by Crippen LogP contribution is -2.38. The predicted molar refractivity (Wildman–Crippen MR) is 84.7 cm³/mol. The van der Waals surface area contributed by atoms with Gasteiger partial charge in [-0.2, -0.15) is 5.10 Å². The number of aromatic nitrogens is 4. The quantitative estimate of drug-likeness (QED) is 0.940. The molecule has 22 heavy (non-hydrogen) atoms. The molecular formula is C16H25N5O. The van der Waals surface area contributed by atoms with Gasteiger partial charge in [-0.3, -0.25) is 9.58 Å². The first-order valence-corrected chi connectivity index (χ1v) is 7.96. The van der Waals surface area contributed by atoms with Crippen molar-refractivity contribution in [2.24, 2.45) is 0 Å². The number of nitrogens with one attached hydrogen (secondary N) is 1. The number of hydrogen-bond acceptors (Lipinski definition) is 4. The molecule has 1 fully saturated rings. The van der Waals surface area contributed by atoms with E-state index in [1.165, 1.54) is 11.3 Å². The first kappa shape index (κ1) is 15.2. The van der Waals surface area contributed by atoms with Gasteiger partial charge in [0.15, 0.2) is 0 Å². The van der Waals surface area contributed by atoms with Gasteiger partial charge in [0, 0.05) is 49.3 Å². The number of rotatable bonds is 4. The lowest BCUT2D eigenvalue weighted by atomic mass is 10.1. The lowest BCUT2D eigenvalue weighted by Gasteiger charge is -2.32. The molecule has 2 aromatic heterocycles. The predicted octanol–water partition coefficient (Wildman–Crippen LogP) is 2.12. The molecule has 6 heteroatoms. The van der Waals surface area contributed by atoms with Crippen molar-refractivity contribution < 1.29 is 4.74 Å². The molecule has 1 aliphatic heterocycles. The van der Waals surface area contributed by atoms with Crippen LogP contribution in [0.4, 0.5) is 0 Å². The van der Waals surface area contributed by atoms with Crippen LogP contribution < -0.4 is 0 Å². The molecule has 0 saturated carbocycles. The van der Waals surface area contributed by atoms with Crippen molar-refractivity contribution in [2.75, 3.05) is 19.7 Å². The van der Waals surface area contributed by atoms with Crippen LogP contribution in [0.15, 0.2) is 6.20 Å². The van der Waals surface area contributed by atoms with Crippen LogP contribution in [0.25, 0.3) is 0 Å². The molecule has 1 aliphatic rings. The number of aryl methyl sites for hydroxylation is 3. The standard InChI is InChI=1S/C16H25N5O/c1-5-21-13(4)14(12(3)19-21)9-20-6-7-22-15(10-20)16-17-8-11(2)18-16/h8,15H,5-7,9-10H2,1-4H3,(H,17,18)/t15-/m1/s1. The minimum Gasteiger partial charge on any atom is -0.368 e. The lowest BCUT2D eigenvalue weighted by molar-refractivity contribution is -0.0369. The Morgan fingerprint density at radius 3 is 2.82 bits per heavy atom. The van der Waals surface area contributed by atoms with Gasteiger partial charge in [0.1, 0.15) is 11.9 Å². The third-order valence-electron chi connectivity index (χ3n) is 4.39. The Morgan fingerprint density at radius 2 is 2.18 bits per heavy atom. The van der Waals surface area contributed by atoms with Crippen molar-refractivity contribution in [3.63, 3.8) is 0 Å². The first-order valence-electron chi connectivity index (χ1n) is 7.96. The van der Waals surface area contributed by atoms with Crippen LogP contribution in [-0.2, 0) is 17.8 Å². The topological polar surface area (TPSA) is 59.0 Å². The van der Waals surface area contributed by atoms with Gasteiger partial charge in [-0.15, -0.1) is 0 Å². The number of hydrogen-bond donors (Lipinski definition) is 1. The summed E-state index contributed by atoms with van der Waals surface area (Å²) in [4.78, 5) is 10.1. The van der Waals surface area contributed by atoms with E-state index < -0.39 is 0 Å². The van der Waals surface area contributed by atoms with Gasteiger partial charge in [0.05, 0.1) is 12.3 Å². The molecule has 6 nitrogen and oxygen atoms in total. The van der Waals surface area contributed by atoms with Gasteiger partial charge in [-0.25, -0.2) is 4.98 Å². The summed E-state index contributed by atoms with van der Waals surface area (Å²) >= 11 is 0. The second-order valence-corrected chi connectivity index (χ2v) is 6.01. The van der Waals surface area contributed by atoms with Gasteiger partial charge in [-0.1, -0.05) is 0 Å². The average molecular weight is 303 g/mol. The van der Waals surface area contributed by atoms with E-state index in [1.54, 1.807) is 0 Å². The van der Waals surface area contributed by atoms with E-state index in [2.05, 4.69) is 45.4 Å². The van der Waals surface area contributed by atoms with Crippen molar-refractivity contribution in [3.8, 4) is 0 Å². The van der Waals surface area contributed by atoms with Crippen LogP contribution >= 0.6 is 0 Å². The van der Waals surface area contributed by atoms with Crippen LogP contribution in [0.3, 0.4) is 0 Å². The summed E-state index contributed by atoms with van der Waals surface area (Å²) in [5, 5.41) is 4.61. The van der Waals surface area contributed by atoms with Crippen LogP contribution in [0.1, 0.15) is 41.5 Å². The minimum absolute atomic E-state index is 0.0317. The van der Waals surface area contributed by atoms with E-state index in [0.29, 0.717) is 0 Å². The van der Waals surface area contributed by atoms with Crippen molar-refractivity contribution in [2.45, 2.75) is 46.9 Å². The summed E-state index contributed by atoms with van der Waals surface area (Å²) < 4.78 is 7.96. The van der Waals surface area contributed by atoms with Crippen molar-refractivity contribution >= 4 is 0 Å². The second kappa shape index (κ2) is 6.22. The molecule has 2 aromatic rings. The summed E-state index contributed by atoms with van der Waals surface area (Å²) in [5.41, 5.74) is 4.83. The van der Waals surface area contributed by atoms with Crippen molar-refractivity contribution in [3.05, 3.63) is 34.7 Å². The van der Waals surface area contributed by atoms with Crippen LogP contribution in [-0.4, -0.2) is 44.3 Å². The van der Waals surface area contributed by atoms with E-state index in [4.69, 9.17) is 4.74 Å². The largest absolute Gasteiger partial charge is 0.368 e. The Hall–Kier alpha value is -1.66. The number of aromatic amines is 1. The Balaban J connectivity index is 1.72. The second-order valence-electron chi connectivity index (χ2n) is 6.01. The molecule has 0 amide bonds. The van der Waals surface area contributed by atoms with Gasteiger partial charge in [-0.05, 0) is 27.7 Å². The monoisotopic (exact) mass is 303 g/mol. The van der Waals surface area contributed by atoms with E-state index >= 15 is 0 Å². The van der Waals surface area contributed by atoms with E-state index in [1.807, 2.05) is 13.1 Å². The van der Waals surface area contributed by atoms with Gasteiger partial charge in [0.2, 0.25) is 0 Å². The molecule has 0 aliphatic carbocycles. The molecule has 3 rings (SSSR count). The van der Waals surface area contributed by atoms with Crippen LogP contribution in [0.2, 0.25) is 0 Å². The highest BCUT2D eigenvalue weighted by Gasteiger charge is 2.25. The fourth-order valence-electron chi connectivity index (χ4n) is 3.10.